The van der Waals surface area contributed by atoms with Gasteiger partial charge in [-0.15, -0.1) is 0 Å². The second-order valence-electron chi connectivity index (χ2n) is 7.93. The van der Waals surface area contributed by atoms with E-state index in [9.17, 15) is 20.2 Å². The van der Waals surface area contributed by atoms with Gasteiger partial charge in [0.1, 0.15) is 0 Å². The highest BCUT2D eigenvalue weighted by Gasteiger charge is 2.52. The number of hydrogen-bond acceptors (Lipinski definition) is 5. The minimum absolute atomic E-state index is 0.176. The Balaban J connectivity index is 2.64. The summed E-state index contributed by atoms with van der Waals surface area (Å²) in [6.45, 7) is 6.58. The zero-order valence-corrected chi connectivity index (χ0v) is 16.3. The molecule has 4 N–H and O–H groups in total. The molecule has 2 rings (SSSR count). The van der Waals surface area contributed by atoms with Gasteiger partial charge in [-0.05, 0) is 45.1 Å². The van der Waals surface area contributed by atoms with Crippen LogP contribution in [0.4, 0.5) is 0 Å². The van der Waals surface area contributed by atoms with Crippen LogP contribution < -0.4 is 0 Å². The molecule has 0 aromatic heterocycles. The monoisotopic (exact) mass is 370 g/mol. The van der Waals surface area contributed by atoms with Crippen LogP contribution in [0.15, 0.2) is 60.7 Å². The number of aliphatic hydroxyl groups is 1. The minimum atomic E-state index is -1.67. The van der Waals surface area contributed by atoms with E-state index in [2.05, 4.69) is 0 Å². The second kappa shape index (κ2) is 8.17. The van der Waals surface area contributed by atoms with E-state index >= 15 is 0 Å². The van der Waals surface area contributed by atoms with Crippen LogP contribution in [0.25, 0.3) is 0 Å². The molecule has 0 spiro atoms. The summed E-state index contributed by atoms with van der Waals surface area (Å²) >= 11 is 0. The maximum absolute atomic E-state index is 11.3. The van der Waals surface area contributed by atoms with E-state index in [1.54, 1.807) is 27.7 Å². The molecular weight excluding hydrogens is 342 g/mol. The number of benzene rings is 2. The standard InChI is InChI=1S/C20H28B2O5/c1-18(2,23)19(3,4)27-22(26)20(15-21(24)25,16-11-7-5-8-12-16)17-13-9-6-10-14-17/h5-14,23-26H,15H2,1-4H3. The van der Waals surface area contributed by atoms with E-state index in [0.29, 0.717) is 11.1 Å². The first kappa shape index (κ1) is 21.7. The van der Waals surface area contributed by atoms with Gasteiger partial charge in [0.2, 0.25) is 0 Å². The Labute approximate surface area is 161 Å². The molecule has 0 amide bonds. The molecule has 0 aliphatic carbocycles. The lowest BCUT2D eigenvalue weighted by atomic mass is 9.44. The molecule has 0 fully saturated rings. The van der Waals surface area contributed by atoms with Crippen LogP contribution in [0, 0.1) is 0 Å². The highest BCUT2D eigenvalue weighted by atomic mass is 16.5. The maximum atomic E-state index is 11.3. The number of rotatable bonds is 8. The van der Waals surface area contributed by atoms with E-state index in [0.717, 1.165) is 0 Å². The van der Waals surface area contributed by atoms with E-state index in [1.165, 1.54) is 0 Å². The molecular formula is C20H28B2O5. The second-order valence-corrected chi connectivity index (χ2v) is 7.93. The summed E-state index contributed by atoms with van der Waals surface area (Å²) in [4.78, 5) is 0. The first-order chi connectivity index (χ1) is 12.5. The van der Waals surface area contributed by atoms with Crippen molar-refractivity contribution in [2.24, 2.45) is 0 Å². The summed E-state index contributed by atoms with van der Waals surface area (Å²) in [5, 5.41) is 40.2. The third-order valence-corrected chi connectivity index (χ3v) is 5.38. The van der Waals surface area contributed by atoms with Crippen LogP contribution in [0.5, 0.6) is 0 Å². The molecule has 7 heteroatoms. The van der Waals surface area contributed by atoms with Gasteiger partial charge in [0.15, 0.2) is 0 Å². The van der Waals surface area contributed by atoms with E-state index in [-0.39, 0.29) is 6.32 Å². The van der Waals surface area contributed by atoms with Crippen molar-refractivity contribution < 1.29 is 24.8 Å². The van der Waals surface area contributed by atoms with Gasteiger partial charge in [-0.2, -0.15) is 0 Å². The SMILES string of the molecule is CC(C)(O)C(C)(C)OB(O)C(CB(O)O)(c1ccccc1)c1ccccc1. The van der Waals surface area contributed by atoms with Crippen molar-refractivity contribution in [1.29, 1.82) is 0 Å². The van der Waals surface area contributed by atoms with Crippen LogP contribution in [-0.4, -0.2) is 45.6 Å². The maximum Gasteiger partial charge on any atom is 0.470 e. The van der Waals surface area contributed by atoms with Crippen molar-refractivity contribution in [1.82, 2.24) is 0 Å². The predicted octanol–water partition coefficient (Wildman–Crippen LogP) is 2.03. The highest BCUT2D eigenvalue weighted by Crippen LogP contribution is 2.41. The first-order valence-corrected chi connectivity index (χ1v) is 9.06. The lowest BCUT2D eigenvalue weighted by Crippen LogP contribution is -2.57. The average Bonchev–Trinajstić information content (AvgIpc) is 2.59. The van der Waals surface area contributed by atoms with Gasteiger partial charge in [-0.25, -0.2) is 0 Å². The fourth-order valence-electron chi connectivity index (χ4n) is 3.07. The van der Waals surface area contributed by atoms with Crippen molar-refractivity contribution >= 4 is 14.2 Å². The van der Waals surface area contributed by atoms with Crippen molar-refractivity contribution in [2.45, 2.75) is 50.5 Å². The largest absolute Gasteiger partial charge is 0.470 e. The summed E-state index contributed by atoms with van der Waals surface area (Å²) in [7, 11) is -3.11. The van der Waals surface area contributed by atoms with Crippen LogP contribution in [0.2, 0.25) is 6.32 Å². The van der Waals surface area contributed by atoms with E-state index < -0.39 is 30.8 Å². The molecule has 0 saturated heterocycles. The summed E-state index contributed by atoms with van der Waals surface area (Å²) in [6, 6.07) is 18.3. The van der Waals surface area contributed by atoms with Gasteiger partial charge in [0.05, 0.1) is 16.5 Å². The third-order valence-electron chi connectivity index (χ3n) is 5.38. The summed E-state index contributed by atoms with van der Waals surface area (Å²) < 4.78 is 5.96. The van der Waals surface area contributed by atoms with Crippen molar-refractivity contribution in [3.05, 3.63) is 71.8 Å². The van der Waals surface area contributed by atoms with Gasteiger partial charge >= 0.3 is 14.2 Å². The minimum Gasteiger partial charge on any atom is -0.427 e. The molecule has 144 valence electrons. The summed E-state index contributed by atoms with van der Waals surface area (Å²) in [5.74, 6) is 0. The van der Waals surface area contributed by atoms with Gasteiger partial charge in [-0.1, -0.05) is 60.7 Å². The molecule has 0 aliphatic rings. The van der Waals surface area contributed by atoms with Gasteiger partial charge < -0.3 is 24.8 Å². The molecule has 27 heavy (non-hydrogen) atoms. The number of hydrogen-bond donors (Lipinski definition) is 4. The molecule has 2 aromatic carbocycles. The van der Waals surface area contributed by atoms with E-state index in [1.807, 2.05) is 60.7 Å². The fraction of sp³-hybridized carbons (Fsp3) is 0.400. The zero-order valence-electron chi connectivity index (χ0n) is 16.3. The lowest BCUT2D eigenvalue weighted by molar-refractivity contribution is -0.102. The van der Waals surface area contributed by atoms with Crippen LogP contribution in [0.1, 0.15) is 38.8 Å². The smallest absolute Gasteiger partial charge is 0.427 e. The Morgan fingerprint density at radius 1 is 0.778 bits per heavy atom. The predicted molar refractivity (Wildman–Crippen MR) is 108 cm³/mol. The molecule has 2 aromatic rings. The normalized spacial score (nSPS) is 12.7. The molecule has 0 radical (unpaired) electrons. The lowest BCUT2D eigenvalue weighted by Gasteiger charge is -2.43. The average molecular weight is 370 g/mol. The molecule has 0 saturated carbocycles. The zero-order chi connectivity index (χ0) is 20.3. The molecule has 0 atom stereocenters. The van der Waals surface area contributed by atoms with Crippen LogP contribution in [0.3, 0.4) is 0 Å². The van der Waals surface area contributed by atoms with Gasteiger partial charge in [0.25, 0.3) is 0 Å². The molecule has 0 heterocycles. The molecule has 0 bridgehead atoms. The molecule has 5 nitrogen and oxygen atoms in total. The summed E-state index contributed by atoms with van der Waals surface area (Å²) in [6.07, 6.45) is -0.176. The third kappa shape index (κ3) is 4.62. The fourth-order valence-corrected chi connectivity index (χ4v) is 3.07. The Kier molecular flexibility index (Phi) is 6.55. The molecule has 0 unspecified atom stereocenters. The van der Waals surface area contributed by atoms with Crippen LogP contribution >= 0.6 is 0 Å². The first-order valence-electron chi connectivity index (χ1n) is 9.06. The van der Waals surface area contributed by atoms with Crippen molar-refractivity contribution in [3.8, 4) is 0 Å². The van der Waals surface area contributed by atoms with Gasteiger partial charge in [0, 0.05) is 0 Å². The van der Waals surface area contributed by atoms with Crippen molar-refractivity contribution in [3.63, 3.8) is 0 Å². The van der Waals surface area contributed by atoms with Crippen LogP contribution in [-0.2, 0) is 9.97 Å². The Bertz CT molecular complexity index is 675. The Morgan fingerprint density at radius 3 is 1.52 bits per heavy atom. The Morgan fingerprint density at radius 2 is 1.19 bits per heavy atom. The summed E-state index contributed by atoms with van der Waals surface area (Å²) in [5.41, 5.74) is -0.960. The highest BCUT2D eigenvalue weighted by molar-refractivity contribution is 6.53. The topological polar surface area (TPSA) is 90.2 Å². The quantitative estimate of drug-likeness (QED) is 0.534. The molecule has 0 aliphatic heterocycles. The van der Waals surface area contributed by atoms with E-state index in [4.69, 9.17) is 4.65 Å². The Hall–Kier alpha value is -1.63. The van der Waals surface area contributed by atoms with Crippen molar-refractivity contribution in [2.75, 3.05) is 0 Å². The van der Waals surface area contributed by atoms with Gasteiger partial charge in [-0.3, -0.25) is 0 Å².